The Bertz CT molecular complexity index is 732. The SMILES string of the molecule is Cc1cc2cc(OCC3=CN(CC(C)(C)F)C(C)S3)ccc2o1. The van der Waals surface area contributed by atoms with E-state index in [9.17, 15) is 4.39 Å². The van der Waals surface area contributed by atoms with Crippen LogP contribution in [-0.2, 0) is 0 Å². The van der Waals surface area contributed by atoms with E-state index in [1.807, 2.05) is 42.3 Å². The van der Waals surface area contributed by atoms with Crippen molar-refractivity contribution >= 4 is 22.7 Å². The minimum atomic E-state index is -1.20. The molecular formula is C18H22FNO2S. The predicted octanol–water partition coefficient (Wildman–Crippen LogP) is 5.10. The van der Waals surface area contributed by atoms with Crippen LogP contribution in [0.25, 0.3) is 11.0 Å². The van der Waals surface area contributed by atoms with Crippen LogP contribution >= 0.6 is 11.8 Å². The average Bonchev–Trinajstić information content (AvgIpc) is 2.96. The minimum absolute atomic E-state index is 0.239. The lowest BCUT2D eigenvalue weighted by atomic mass is 10.1. The Labute approximate surface area is 140 Å². The monoisotopic (exact) mass is 335 g/mol. The van der Waals surface area contributed by atoms with Crippen molar-refractivity contribution in [2.24, 2.45) is 0 Å². The Morgan fingerprint density at radius 2 is 2.13 bits per heavy atom. The number of aryl methyl sites for hydroxylation is 1. The fourth-order valence-corrected chi connectivity index (χ4v) is 3.72. The molecule has 3 nitrogen and oxygen atoms in total. The number of halogens is 1. The van der Waals surface area contributed by atoms with E-state index in [-0.39, 0.29) is 5.37 Å². The number of alkyl halides is 1. The predicted molar refractivity (Wildman–Crippen MR) is 93.5 cm³/mol. The molecule has 0 saturated heterocycles. The smallest absolute Gasteiger partial charge is 0.134 e. The Balaban J connectivity index is 1.64. The summed E-state index contributed by atoms with van der Waals surface area (Å²) in [6, 6.07) is 7.82. The van der Waals surface area contributed by atoms with E-state index < -0.39 is 5.67 Å². The molecule has 1 unspecified atom stereocenters. The van der Waals surface area contributed by atoms with Crippen molar-refractivity contribution in [1.29, 1.82) is 0 Å². The van der Waals surface area contributed by atoms with E-state index in [0.29, 0.717) is 13.2 Å². The molecule has 124 valence electrons. The maximum Gasteiger partial charge on any atom is 0.134 e. The second-order valence-electron chi connectivity index (χ2n) is 6.55. The number of ether oxygens (including phenoxy) is 1. The summed E-state index contributed by atoms with van der Waals surface area (Å²) in [7, 11) is 0. The van der Waals surface area contributed by atoms with Gasteiger partial charge in [-0.25, -0.2) is 4.39 Å². The molecule has 0 N–H and O–H groups in total. The van der Waals surface area contributed by atoms with Gasteiger partial charge in [0.05, 0.1) is 11.9 Å². The van der Waals surface area contributed by atoms with Gasteiger partial charge < -0.3 is 14.1 Å². The minimum Gasteiger partial charge on any atom is -0.488 e. The molecule has 5 heteroatoms. The highest BCUT2D eigenvalue weighted by Crippen LogP contribution is 2.34. The maximum absolute atomic E-state index is 13.8. The number of nitrogens with zero attached hydrogens (tertiary/aromatic N) is 1. The number of thioether (sulfide) groups is 1. The molecule has 1 aliphatic heterocycles. The highest BCUT2D eigenvalue weighted by Gasteiger charge is 2.27. The van der Waals surface area contributed by atoms with Gasteiger partial charge in [-0.3, -0.25) is 0 Å². The van der Waals surface area contributed by atoms with E-state index in [2.05, 4.69) is 6.92 Å². The van der Waals surface area contributed by atoms with Crippen LogP contribution in [-0.4, -0.2) is 29.1 Å². The van der Waals surface area contributed by atoms with Crippen molar-refractivity contribution in [2.75, 3.05) is 13.2 Å². The van der Waals surface area contributed by atoms with Crippen LogP contribution in [0.1, 0.15) is 26.5 Å². The first-order valence-corrected chi connectivity index (χ1v) is 8.63. The Morgan fingerprint density at radius 1 is 1.35 bits per heavy atom. The van der Waals surface area contributed by atoms with E-state index in [1.165, 1.54) is 0 Å². The molecule has 0 fully saturated rings. The lowest BCUT2D eigenvalue weighted by molar-refractivity contribution is 0.154. The number of benzene rings is 1. The molecule has 0 radical (unpaired) electrons. The van der Waals surface area contributed by atoms with Crippen LogP contribution in [0, 0.1) is 6.92 Å². The molecule has 3 rings (SSSR count). The van der Waals surface area contributed by atoms with Crippen molar-refractivity contribution in [1.82, 2.24) is 4.90 Å². The van der Waals surface area contributed by atoms with Gasteiger partial charge in [-0.1, -0.05) is 0 Å². The topological polar surface area (TPSA) is 25.6 Å². The fourth-order valence-electron chi connectivity index (χ4n) is 2.69. The normalized spacial score (nSPS) is 18.6. The van der Waals surface area contributed by atoms with E-state index in [1.54, 1.807) is 25.6 Å². The Hall–Kier alpha value is -1.62. The van der Waals surface area contributed by atoms with Crippen molar-refractivity contribution in [3.05, 3.63) is 41.1 Å². The first-order valence-electron chi connectivity index (χ1n) is 7.75. The summed E-state index contributed by atoms with van der Waals surface area (Å²) in [6.45, 7) is 8.12. The van der Waals surface area contributed by atoms with Crippen molar-refractivity contribution < 1.29 is 13.5 Å². The highest BCUT2D eigenvalue weighted by molar-refractivity contribution is 8.03. The zero-order valence-corrected chi connectivity index (χ0v) is 14.7. The van der Waals surface area contributed by atoms with Crippen LogP contribution in [0.2, 0.25) is 0 Å². The van der Waals surface area contributed by atoms with Crippen LogP contribution in [0.4, 0.5) is 4.39 Å². The molecule has 1 aliphatic rings. The van der Waals surface area contributed by atoms with Crippen LogP contribution in [0.5, 0.6) is 5.75 Å². The van der Waals surface area contributed by atoms with Gasteiger partial charge in [-0.05, 0) is 52.0 Å². The van der Waals surface area contributed by atoms with Crippen LogP contribution < -0.4 is 4.74 Å². The molecule has 0 bridgehead atoms. The van der Waals surface area contributed by atoms with Crippen LogP contribution in [0.15, 0.2) is 39.8 Å². The second kappa shape index (κ2) is 6.11. The van der Waals surface area contributed by atoms with E-state index >= 15 is 0 Å². The second-order valence-corrected chi connectivity index (χ2v) is 7.99. The highest BCUT2D eigenvalue weighted by atomic mass is 32.2. The summed E-state index contributed by atoms with van der Waals surface area (Å²) >= 11 is 1.72. The van der Waals surface area contributed by atoms with E-state index in [4.69, 9.17) is 9.15 Å². The molecule has 0 aliphatic carbocycles. The van der Waals surface area contributed by atoms with Gasteiger partial charge in [0.25, 0.3) is 0 Å². The molecule has 0 amide bonds. The lowest BCUT2D eigenvalue weighted by Crippen LogP contribution is -2.34. The molecule has 0 spiro atoms. The first kappa shape index (κ1) is 16.2. The van der Waals surface area contributed by atoms with Gasteiger partial charge in [0.15, 0.2) is 0 Å². The molecule has 2 heterocycles. The van der Waals surface area contributed by atoms with Gasteiger partial charge in [0.2, 0.25) is 0 Å². The summed E-state index contributed by atoms with van der Waals surface area (Å²) in [4.78, 5) is 3.15. The standard InChI is InChI=1S/C18H22FNO2S/c1-12-7-14-8-15(5-6-17(14)22-12)21-10-16-9-20(13(2)23-16)11-18(3,4)19/h5-9,13H,10-11H2,1-4H3. The van der Waals surface area contributed by atoms with Gasteiger partial charge in [0.1, 0.15) is 29.4 Å². The Morgan fingerprint density at radius 3 is 2.87 bits per heavy atom. The third kappa shape index (κ3) is 4.02. The number of hydrogen-bond acceptors (Lipinski definition) is 4. The fraction of sp³-hybridized carbons (Fsp3) is 0.444. The third-order valence-corrected chi connectivity index (χ3v) is 4.79. The summed E-state index contributed by atoms with van der Waals surface area (Å²) in [5.74, 6) is 1.71. The molecular weight excluding hydrogens is 313 g/mol. The molecule has 1 atom stereocenters. The van der Waals surface area contributed by atoms with Crippen LogP contribution in [0.3, 0.4) is 0 Å². The maximum atomic E-state index is 13.8. The van der Waals surface area contributed by atoms with Gasteiger partial charge >= 0.3 is 0 Å². The molecule has 2 aromatic rings. The number of fused-ring (bicyclic) bond motifs is 1. The Kier molecular flexibility index (Phi) is 4.32. The average molecular weight is 335 g/mol. The third-order valence-electron chi connectivity index (χ3n) is 3.65. The zero-order valence-electron chi connectivity index (χ0n) is 13.9. The summed E-state index contributed by atoms with van der Waals surface area (Å²) in [5, 5.41) is 1.28. The lowest BCUT2D eigenvalue weighted by Gasteiger charge is -2.26. The van der Waals surface area contributed by atoms with Gasteiger partial charge in [-0.2, -0.15) is 0 Å². The summed E-state index contributed by atoms with van der Waals surface area (Å²) < 4.78 is 25.3. The quantitative estimate of drug-likeness (QED) is 0.759. The van der Waals surface area contributed by atoms with Gasteiger partial charge in [0, 0.05) is 16.5 Å². The van der Waals surface area contributed by atoms with Crippen molar-refractivity contribution in [2.45, 2.75) is 38.7 Å². The summed E-state index contributed by atoms with van der Waals surface area (Å²) in [6.07, 6.45) is 2.01. The molecule has 23 heavy (non-hydrogen) atoms. The first-order chi connectivity index (χ1) is 10.8. The number of furan rings is 1. The summed E-state index contributed by atoms with van der Waals surface area (Å²) in [5.41, 5.74) is -0.333. The largest absolute Gasteiger partial charge is 0.488 e. The number of rotatable bonds is 5. The molecule has 1 aromatic carbocycles. The van der Waals surface area contributed by atoms with Gasteiger partial charge in [-0.15, -0.1) is 11.8 Å². The zero-order chi connectivity index (χ0) is 16.6. The van der Waals surface area contributed by atoms with Crippen molar-refractivity contribution in [3.8, 4) is 5.75 Å². The molecule has 1 aromatic heterocycles. The van der Waals surface area contributed by atoms with Crippen molar-refractivity contribution in [3.63, 3.8) is 0 Å². The number of hydrogen-bond donors (Lipinski definition) is 0. The molecule has 0 saturated carbocycles. The van der Waals surface area contributed by atoms with E-state index in [0.717, 1.165) is 27.4 Å².